The van der Waals surface area contributed by atoms with Gasteiger partial charge in [-0.2, -0.15) is 0 Å². The lowest BCUT2D eigenvalue weighted by Gasteiger charge is -2.48. The Balaban J connectivity index is 1.31. The molecule has 0 saturated heterocycles. The monoisotopic (exact) mass is 1520 g/mol. The van der Waals surface area contributed by atoms with E-state index in [4.69, 9.17) is 0 Å². The lowest BCUT2D eigenvalue weighted by atomic mass is 9.78. The van der Waals surface area contributed by atoms with E-state index >= 15 is 0 Å². The lowest BCUT2D eigenvalue weighted by Crippen LogP contribution is -2.72. The molecule has 0 saturated carbocycles. The first kappa shape index (κ1) is 73.8. The molecule has 18 aromatic rings. The van der Waals surface area contributed by atoms with Gasteiger partial charge in [-0.15, -0.1) is 0 Å². The van der Waals surface area contributed by atoms with Crippen LogP contribution in [0.4, 0.5) is 0 Å². The predicted octanol–water partition coefficient (Wildman–Crippen LogP) is 30.0. The molecule has 1 aliphatic rings. The van der Waals surface area contributed by atoms with Gasteiger partial charge in [-0.25, -0.2) is 0 Å². The molecule has 118 heavy (non-hydrogen) atoms. The number of hydrogen-bond acceptors (Lipinski definition) is 0. The first-order chi connectivity index (χ1) is 58.4. The van der Waals surface area contributed by atoms with Crippen LogP contribution in [0.25, 0.3) is 167 Å². The quantitative estimate of drug-likeness (QED) is 0.0559. The number of allylic oxidation sites excluding steroid dienone is 4. The van der Waals surface area contributed by atoms with E-state index < -0.39 is 8.07 Å². The van der Waals surface area contributed by atoms with Crippen molar-refractivity contribution in [2.24, 2.45) is 5.92 Å². The third-order valence-corrected chi connectivity index (χ3v) is 30.0. The van der Waals surface area contributed by atoms with E-state index in [9.17, 15) is 0 Å². The molecular weight excluding hydrogens is 1430 g/mol. The minimum Gasteiger partial charge on any atom is -0.0636 e. The molecule has 1 atom stereocenters. The normalized spacial score (nSPS) is 12.8. The zero-order chi connectivity index (χ0) is 79.5. The maximum atomic E-state index is 2.60. The Morgan fingerprint density at radius 3 is 0.364 bits per heavy atom. The van der Waals surface area contributed by atoms with Gasteiger partial charge >= 0.3 is 0 Å². The van der Waals surface area contributed by atoms with Crippen LogP contribution >= 0.6 is 0 Å². The molecule has 1 heteroatoms. The summed E-state index contributed by atoms with van der Waals surface area (Å²) in [6.07, 6.45) is 0. The van der Waals surface area contributed by atoms with Crippen molar-refractivity contribution in [3.8, 4) is 167 Å². The van der Waals surface area contributed by atoms with Crippen molar-refractivity contribution >= 4 is 23.6 Å². The molecule has 0 aromatic heterocycles. The maximum Gasteiger partial charge on any atom is 0.180 e. The number of benzene rings is 18. The second-order valence-electron chi connectivity index (χ2n) is 31.1. The molecule has 19 rings (SSSR count). The Hall–Kier alpha value is -14.3. The molecular formula is C117H88Si. The Morgan fingerprint density at radius 2 is 0.254 bits per heavy atom. The van der Waals surface area contributed by atoms with Crippen molar-refractivity contribution in [3.05, 3.63) is 477 Å². The minimum atomic E-state index is -5.08. The van der Waals surface area contributed by atoms with E-state index in [-0.39, 0.29) is 5.92 Å². The zero-order valence-corrected chi connectivity index (χ0v) is 67.9. The highest BCUT2D eigenvalue weighted by Gasteiger charge is 2.58. The van der Waals surface area contributed by atoms with Gasteiger partial charge in [0.15, 0.2) is 8.07 Å². The molecule has 0 nitrogen and oxygen atoms in total. The summed E-state index contributed by atoms with van der Waals surface area (Å²) in [5.74, 6) is -0.198. The van der Waals surface area contributed by atoms with Crippen LogP contribution in [-0.4, -0.2) is 8.07 Å². The van der Waals surface area contributed by atoms with Gasteiger partial charge in [0, 0.05) is 0 Å². The van der Waals surface area contributed by atoms with Gasteiger partial charge in [0.25, 0.3) is 0 Å². The molecule has 0 aliphatic heterocycles. The van der Waals surface area contributed by atoms with Crippen LogP contribution in [0.3, 0.4) is 0 Å². The topological polar surface area (TPSA) is 0 Å². The molecule has 0 amide bonds. The van der Waals surface area contributed by atoms with Gasteiger partial charge < -0.3 is 0 Å². The predicted molar refractivity (Wildman–Crippen MR) is 506 cm³/mol. The van der Waals surface area contributed by atoms with Crippen LogP contribution < -0.4 is 15.6 Å². The van der Waals surface area contributed by atoms with Gasteiger partial charge in [-0.05, 0) is 215 Å². The number of hydrogen-bond donors (Lipinski definition) is 0. The summed E-state index contributed by atoms with van der Waals surface area (Å²) in [6, 6.07) is 174. The Bertz CT molecular complexity index is 5750. The Morgan fingerprint density at radius 1 is 0.144 bits per heavy atom. The average Bonchev–Trinajstić information content (AvgIpc) is 1.01. The number of rotatable bonds is 19. The molecule has 0 fully saturated rings. The van der Waals surface area contributed by atoms with E-state index in [0.29, 0.717) is 0 Å². The molecule has 1 unspecified atom stereocenters. The first-order valence-electron chi connectivity index (χ1n) is 41.3. The fourth-order valence-electron chi connectivity index (χ4n) is 19.5. The zero-order valence-electron chi connectivity index (χ0n) is 66.9. The van der Waals surface area contributed by atoms with Crippen molar-refractivity contribution in [1.29, 1.82) is 0 Å². The van der Waals surface area contributed by atoms with Crippen molar-refractivity contribution < 1.29 is 0 Å². The van der Waals surface area contributed by atoms with E-state index in [1.165, 1.54) is 70.9 Å². The van der Waals surface area contributed by atoms with Crippen LogP contribution in [0.15, 0.2) is 477 Å². The Kier molecular flexibility index (Phi) is 20.3. The van der Waals surface area contributed by atoms with Crippen LogP contribution in [0.2, 0.25) is 0 Å². The van der Waals surface area contributed by atoms with Crippen molar-refractivity contribution in [2.75, 3.05) is 0 Å². The van der Waals surface area contributed by atoms with Gasteiger partial charge in [-0.3, -0.25) is 0 Å². The van der Waals surface area contributed by atoms with Gasteiger partial charge in [0.1, 0.15) is 0 Å². The van der Waals surface area contributed by atoms with Crippen LogP contribution in [0, 0.1) is 5.92 Å². The first-order valence-corrected chi connectivity index (χ1v) is 43.3. The van der Waals surface area contributed by atoms with E-state index in [1.54, 1.807) is 0 Å². The third-order valence-electron chi connectivity index (χ3n) is 24.6. The van der Waals surface area contributed by atoms with Crippen LogP contribution in [-0.2, 0) is 0 Å². The summed E-state index contributed by atoms with van der Waals surface area (Å²) < 4.78 is 0. The Labute approximate surface area is 696 Å². The van der Waals surface area contributed by atoms with Crippen LogP contribution in [0.1, 0.15) is 27.7 Å². The highest BCUT2D eigenvalue weighted by atomic mass is 28.3. The average molecular weight is 1520 g/mol. The fourth-order valence-corrected chi connectivity index (χ4v) is 26.6. The van der Waals surface area contributed by atoms with E-state index in [1.807, 2.05) is 0 Å². The molecule has 0 spiro atoms. The summed E-state index contributed by atoms with van der Waals surface area (Å²) in [5, 5.41) is 5.27. The van der Waals surface area contributed by atoms with Gasteiger partial charge in [0.2, 0.25) is 0 Å². The second kappa shape index (κ2) is 32.5. The SMILES string of the molecule is CC1=C(C)C(C)C([Si](c2c(-c3ccccc3)c(-c3ccccc3)c(-c3ccccc3)c(-c3ccccc3)c2-c2ccccc2)(c2c(-c3ccccc3)c(-c3ccccc3)c(-c3ccccc3)c(-c3ccccc3)c2-c2ccccc2)c2c(-c3ccccc3)c(-c3ccccc3)c(-c3ccccc3)c(-c3ccccc3)c2-c2ccccc2)=C1C. The highest BCUT2D eigenvalue weighted by Crippen LogP contribution is 2.60. The summed E-state index contributed by atoms with van der Waals surface area (Å²) in [7, 11) is -5.08. The molecule has 560 valence electrons. The molecule has 0 bridgehead atoms. The summed E-state index contributed by atoms with van der Waals surface area (Å²) in [4.78, 5) is 0. The maximum absolute atomic E-state index is 5.08. The van der Waals surface area contributed by atoms with Crippen molar-refractivity contribution in [1.82, 2.24) is 0 Å². The largest absolute Gasteiger partial charge is 0.180 e. The third kappa shape index (κ3) is 13.0. The summed E-state index contributed by atoms with van der Waals surface area (Å²) in [5.41, 5.74) is 38.0. The van der Waals surface area contributed by atoms with Crippen molar-refractivity contribution in [3.63, 3.8) is 0 Å². The molecule has 18 aromatic carbocycles. The van der Waals surface area contributed by atoms with Crippen molar-refractivity contribution in [2.45, 2.75) is 27.7 Å². The van der Waals surface area contributed by atoms with E-state index in [2.05, 4.69) is 483 Å². The fraction of sp³-hybridized carbons (Fsp3) is 0.0427. The van der Waals surface area contributed by atoms with Gasteiger partial charge in [0.05, 0.1) is 0 Å². The molecule has 0 heterocycles. The standard InChI is InChI=1S/C117H88Si/c1-80-81(2)83(4)114(82(80)3)118(115-108(93-68-38-14-39-69-93)102(87-56-26-8-27-57-87)99(84-50-20-5-21-51-84)103(88-58-28-9-29-59-88)109(115)94-70-40-15-41-71-94,116-110(95-72-42-16-43-73-95)104(89-60-30-10-31-61-89)100(85-52-22-6-23-53-85)105(90-62-32-11-33-63-90)111(116)96-74-44-17-45-75-96)117-112(97-76-46-18-47-77-97)106(91-64-34-12-35-65-91)101(86-54-24-7-25-55-86)107(92-66-36-13-37-67-92)113(117)98-78-48-19-49-79-98/h5-79,82H,1-4H3. The van der Waals surface area contributed by atoms with Crippen LogP contribution in [0.5, 0.6) is 0 Å². The summed E-state index contributed by atoms with van der Waals surface area (Å²) >= 11 is 0. The smallest absolute Gasteiger partial charge is 0.0636 e. The molecule has 0 N–H and O–H groups in total. The second-order valence-corrected chi connectivity index (χ2v) is 34.6. The lowest BCUT2D eigenvalue weighted by molar-refractivity contribution is 0.852. The summed E-state index contributed by atoms with van der Waals surface area (Å²) in [6.45, 7) is 10.1. The minimum absolute atomic E-state index is 0.198. The highest BCUT2D eigenvalue weighted by molar-refractivity contribution is 7.20. The van der Waals surface area contributed by atoms with Gasteiger partial charge in [-0.1, -0.05) is 478 Å². The molecule has 0 radical (unpaired) electrons. The van der Waals surface area contributed by atoms with E-state index in [0.717, 1.165) is 134 Å². The molecule has 1 aliphatic carbocycles.